The van der Waals surface area contributed by atoms with Gasteiger partial charge in [0, 0.05) is 16.9 Å². The molecule has 0 unspecified atom stereocenters. The Morgan fingerprint density at radius 3 is 2.68 bits per heavy atom. The third kappa shape index (κ3) is 3.08. The van der Waals surface area contributed by atoms with Crippen molar-refractivity contribution in [2.24, 2.45) is 0 Å². The van der Waals surface area contributed by atoms with Crippen LogP contribution in [0, 0.1) is 0 Å². The van der Waals surface area contributed by atoms with Crippen LogP contribution in [0.2, 0.25) is 0 Å². The molecule has 4 rings (SSSR count). The van der Waals surface area contributed by atoms with E-state index in [4.69, 9.17) is 0 Å². The second-order valence-electron chi connectivity index (χ2n) is 5.74. The van der Waals surface area contributed by atoms with Gasteiger partial charge in [-0.2, -0.15) is 0 Å². The summed E-state index contributed by atoms with van der Waals surface area (Å²) in [6.07, 6.45) is 3.77. The zero-order valence-corrected chi connectivity index (χ0v) is 14.7. The molecule has 0 spiro atoms. The van der Waals surface area contributed by atoms with Crippen molar-refractivity contribution in [3.8, 4) is 5.75 Å². The second-order valence-corrected chi connectivity index (χ2v) is 6.66. The first kappa shape index (κ1) is 15.7. The summed E-state index contributed by atoms with van der Waals surface area (Å²) in [6.45, 7) is 0.282. The molecule has 5 nitrogen and oxygen atoms in total. The first-order valence-corrected chi connectivity index (χ1v) is 8.52. The molecule has 4 aromatic rings. The summed E-state index contributed by atoms with van der Waals surface area (Å²) >= 11 is 3.42. The molecule has 0 aliphatic rings. The van der Waals surface area contributed by atoms with Gasteiger partial charge >= 0.3 is 0 Å². The molecule has 0 bridgehead atoms. The maximum absolute atomic E-state index is 12.4. The van der Waals surface area contributed by atoms with Crippen LogP contribution in [-0.2, 0) is 6.54 Å². The van der Waals surface area contributed by atoms with Crippen molar-refractivity contribution >= 4 is 38.3 Å². The van der Waals surface area contributed by atoms with Crippen LogP contribution >= 0.6 is 15.9 Å². The zero-order valence-electron chi connectivity index (χ0n) is 13.1. The number of nitrogens with zero attached hydrogens (tertiary/aromatic N) is 2. The number of aromatic hydroxyl groups is 1. The first-order chi connectivity index (χ1) is 12.1. The number of carbonyl (C=O) groups excluding carboxylic acids is 1. The van der Waals surface area contributed by atoms with Crippen LogP contribution in [0.5, 0.6) is 5.75 Å². The SMILES string of the molecule is O=C(NCc1cn2cc(Br)ccc2n1)c1cc2ccccc2cc1O. The van der Waals surface area contributed by atoms with Crippen molar-refractivity contribution in [3.63, 3.8) is 0 Å². The van der Waals surface area contributed by atoms with E-state index in [2.05, 4.69) is 26.2 Å². The average Bonchev–Trinajstić information content (AvgIpc) is 3.01. The minimum absolute atomic E-state index is 0.0323. The van der Waals surface area contributed by atoms with Crippen molar-refractivity contribution in [1.29, 1.82) is 0 Å². The van der Waals surface area contributed by atoms with E-state index >= 15 is 0 Å². The summed E-state index contributed by atoms with van der Waals surface area (Å²) in [4.78, 5) is 16.9. The Balaban J connectivity index is 1.56. The van der Waals surface area contributed by atoms with Gasteiger partial charge in [-0.1, -0.05) is 24.3 Å². The number of phenols is 1. The summed E-state index contributed by atoms with van der Waals surface area (Å²) < 4.78 is 2.84. The smallest absolute Gasteiger partial charge is 0.255 e. The molecule has 2 heterocycles. The minimum Gasteiger partial charge on any atom is -0.507 e. The molecule has 0 atom stereocenters. The van der Waals surface area contributed by atoms with Gasteiger partial charge in [0.05, 0.1) is 17.8 Å². The summed E-state index contributed by atoms with van der Waals surface area (Å²) in [6, 6.07) is 14.7. The highest BCUT2D eigenvalue weighted by atomic mass is 79.9. The molecule has 0 aliphatic heterocycles. The fourth-order valence-corrected chi connectivity index (χ4v) is 3.13. The predicted octanol–water partition coefficient (Wildman–Crippen LogP) is 3.89. The number of rotatable bonds is 3. The Kier molecular flexibility index (Phi) is 3.89. The van der Waals surface area contributed by atoms with Gasteiger partial charge in [-0.05, 0) is 51.0 Å². The monoisotopic (exact) mass is 395 g/mol. The number of pyridine rings is 1. The Labute approximate surface area is 152 Å². The highest BCUT2D eigenvalue weighted by molar-refractivity contribution is 9.10. The van der Waals surface area contributed by atoms with E-state index in [-0.39, 0.29) is 23.8 Å². The normalized spacial score (nSPS) is 11.1. The number of fused-ring (bicyclic) bond motifs is 2. The topological polar surface area (TPSA) is 66.6 Å². The Hall–Kier alpha value is -2.86. The number of phenolic OH excluding ortho intramolecular Hbond substituents is 1. The summed E-state index contributed by atoms with van der Waals surface area (Å²) in [7, 11) is 0. The number of benzene rings is 2. The number of halogens is 1. The lowest BCUT2D eigenvalue weighted by Gasteiger charge is -2.07. The van der Waals surface area contributed by atoms with Crippen molar-refractivity contribution in [1.82, 2.24) is 14.7 Å². The van der Waals surface area contributed by atoms with Crippen molar-refractivity contribution in [3.05, 3.63) is 76.7 Å². The van der Waals surface area contributed by atoms with Gasteiger partial charge in [0.15, 0.2) is 0 Å². The van der Waals surface area contributed by atoms with Gasteiger partial charge in [0.25, 0.3) is 5.91 Å². The van der Waals surface area contributed by atoms with Crippen LogP contribution in [0.25, 0.3) is 16.4 Å². The predicted molar refractivity (Wildman–Crippen MR) is 99.7 cm³/mol. The average molecular weight is 396 g/mol. The summed E-state index contributed by atoms with van der Waals surface area (Å²) in [5.74, 6) is -0.364. The van der Waals surface area contributed by atoms with Gasteiger partial charge < -0.3 is 14.8 Å². The maximum atomic E-state index is 12.4. The van der Waals surface area contributed by atoms with E-state index in [0.29, 0.717) is 0 Å². The third-order valence-electron chi connectivity index (χ3n) is 4.00. The zero-order chi connectivity index (χ0) is 17.4. The number of imidazole rings is 1. The quantitative estimate of drug-likeness (QED) is 0.552. The number of hydrogen-bond acceptors (Lipinski definition) is 3. The molecule has 1 amide bonds. The van der Waals surface area contributed by atoms with Crippen LogP contribution in [0.1, 0.15) is 16.1 Å². The fraction of sp³-hybridized carbons (Fsp3) is 0.0526. The standard InChI is InChI=1S/C19H14BrN3O2/c20-14-5-6-18-22-15(11-23(18)10-14)9-21-19(25)16-7-12-3-1-2-4-13(12)8-17(16)24/h1-8,10-11,24H,9H2,(H,21,25). The molecule has 0 radical (unpaired) electrons. The minimum atomic E-state index is -0.332. The molecule has 25 heavy (non-hydrogen) atoms. The number of hydrogen-bond donors (Lipinski definition) is 2. The van der Waals surface area contributed by atoms with Crippen LogP contribution in [0.15, 0.2) is 65.4 Å². The highest BCUT2D eigenvalue weighted by Crippen LogP contribution is 2.25. The van der Waals surface area contributed by atoms with Crippen molar-refractivity contribution < 1.29 is 9.90 Å². The van der Waals surface area contributed by atoms with E-state index in [1.54, 1.807) is 12.1 Å². The molecule has 2 N–H and O–H groups in total. The largest absolute Gasteiger partial charge is 0.507 e. The number of aromatic nitrogens is 2. The first-order valence-electron chi connectivity index (χ1n) is 7.73. The van der Waals surface area contributed by atoms with Crippen LogP contribution in [0.4, 0.5) is 0 Å². The fourth-order valence-electron chi connectivity index (χ4n) is 2.78. The van der Waals surface area contributed by atoms with Gasteiger partial charge in [-0.15, -0.1) is 0 Å². The molecule has 0 saturated heterocycles. The number of nitrogens with one attached hydrogen (secondary N) is 1. The molecule has 2 aromatic heterocycles. The van der Waals surface area contributed by atoms with Gasteiger partial charge in [0.1, 0.15) is 11.4 Å². The van der Waals surface area contributed by atoms with Crippen LogP contribution < -0.4 is 5.32 Å². The number of amides is 1. The van der Waals surface area contributed by atoms with Gasteiger partial charge in [-0.3, -0.25) is 4.79 Å². The molecular formula is C19H14BrN3O2. The van der Waals surface area contributed by atoms with Crippen molar-refractivity contribution in [2.75, 3.05) is 0 Å². The lowest BCUT2D eigenvalue weighted by Crippen LogP contribution is -2.23. The summed E-state index contributed by atoms with van der Waals surface area (Å²) in [5.41, 5.74) is 1.80. The van der Waals surface area contributed by atoms with Crippen LogP contribution in [-0.4, -0.2) is 20.4 Å². The highest BCUT2D eigenvalue weighted by Gasteiger charge is 2.13. The third-order valence-corrected chi connectivity index (χ3v) is 4.47. The molecule has 2 aromatic carbocycles. The molecule has 124 valence electrons. The molecule has 0 saturated carbocycles. The lowest BCUT2D eigenvalue weighted by atomic mass is 10.1. The number of carbonyl (C=O) groups is 1. The van der Waals surface area contributed by atoms with Gasteiger partial charge in [0.2, 0.25) is 0 Å². The van der Waals surface area contributed by atoms with E-state index in [0.717, 1.165) is 26.6 Å². The van der Waals surface area contributed by atoms with Gasteiger partial charge in [-0.25, -0.2) is 4.98 Å². The van der Waals surface area contributed by atoms with E-state index in [1.807, 2.05) is 53.2 Å². The molecule has 6 heteroatoms. The van der Waals surface area contributed by atoms with Crippen LogP contribution in [0.3, 0.4) is 0 Å². The Morgan fingerprint density at radius 2 is 1.88 bits per heavy atom. The van der Waals surface area contributed by atoms with E-state index in [9.17, 15) is 9.90 Å². The van der Waals surface area contributed by atoms with E-state index in [1.165, 1.54) is 0 Å². The van der Waals surface area contributed by atoms with E-state index < -0.39 is 0 Å². The Bertz CT molecular complexity index is 1100. The lowest BCUT2D eigenvalue weighted by molar-refractivity contribution is 0.0948. The van der Waals surface area contributed by atoms with Crippen molar-refractivity contribution in [2.45, 2.75) is 6.54 Å². The molecule has 0 aliphatic carbocycles. The maximum Gasteiger partial charge on any atom is 0.255 e. The summed E-state index contributed by atoms with van der Waals surface area (Å²) in [5, 5.41) is 14.7. The Morgan fingerprint density at radius 1 is 1.12 bits per heavy atom. The molecular weight excluding hydrogens is 382 g/mol. The second kappa shape index (κ2) is 6.22. The molecule has 0 fully saturated rings.